The monoisotopic (exact) mass is 683 g/mol. The van der Waals surface area contributed by atoms with Gasteiger partial charge in [0.1, 0.15) is 0 Å². The van der Waals surface area contributed by atoms with Crippen molar-refractivity contribution in [1.29, 1.82) is 0 Å². The molecule has 0 amide bonds. The number of benzene rings is 7. The highest BCUT2D eigenvalue weighted by molar-refractivity contribution is 7.26. The molecule has 7 aromatic carbocycles. The van der Waals surface area contributed by atoms with E-state index in [0.29, 0.717) is 33.1 Å². The molecule has 0 saturated carbocycles. The van der Waals surface area contributed by atoms with Crippen molar-refractivity contribution in [2.75, 3.05) is 0 Å². The molecule has 3 aromatic heterocycles. The van der Waals surface area contributed by atoms with Gasteiger partial charge in [-0.15, -0.1) is 22.7 Å². The maximum absolute atomic E-state index is 8.90. The van der Waals surface area contributed by atoms with E-state index in [0.717, 1.165) is 41.4 Å². The van der Waals surface area contributed by atoms with Crippen LogP contribution in [0.5, 0.6) is 0 Å². The smallest absolute Gasteiger partial charge is 0.165 e. The molecule has 0 bridgehead atoms. The van der Waals surface area contributed by atoms with Crippen molar-refractivity contribution in [1.82, 2.24) is 15.0 Å². The van der Waals surface area contributed by atoms with E-state index in [-0.39, 0.29) is 22.3 Å². The molecule has 50 heavy (non-hydrogen) atoms. The number of hydrogen-bond acceptors (Lipinski definition) is 5. The maximum Gasteiger partial charge on any atom is 0.165 e. The van der Waals surface area contributed by atoms with Crippen molar-refractivity contribution < 1.29 is 13.7 Å². The Morgan fingerprint density at radius 3 is 1.84 bits per heavy atom. The molecule has 234 valence electrons. The Hall–Kier alpha value is -6.01. The highest BCUT2D eigenvalue weighted by Crippen LogP contribution is 2.44. The third-order valence-corrected chi connectivity index (χ3v) is 11.1. The normalized spacial score (nSPS) is 14.4. The zero-order valence-corrected chi connectivity index (χ0v) is 27.6. The standard InChI is InChI=1S/C45H27N3S2/c1-4-13-28(14-5-1)32-25-37(29-15-6-2-7-16-29)42-38(26-32)34-24-23-31(27-40(34)50-42)44-46-43(30-17-8-3-9-18-30)47-45(48-44)36-21-12-20-35-33-19-10-11-22-39(33)49-41(35)36/h1-27H/i1D,2D,4D,5D,6D,7D,13D,14D,15D,16D. The molecule has 5 heteroatoms. The molecule has 0 aliphatic heterocycles. The van der Waals surface area contributed by atoms with E-state index < -0.39 is 60.4 Å². The van der Waals surface area contributed by atoms with Gasteiger partial charge in [0, 0.05) is 62.6 Å². The SMILES string of the molecule is [2H]c1c([2H])c([2H])c(-c2cc(-c3c([2H])c([2H])c([2H])c([2H])c3[2H])c3sc4cc(-c5nc(-c6ccccc6)nc(-c6cccc7c6sc6ccccc67)n5)ccc4c3c2)c([2H])c1[2H]. The molecule has 0 fully saturated rings. The summed E-state index contributed by atoms with van der Waals surface area (Å²) in [5.74, 6) is 1.44. The topological polar surface area (TPSA) is 38.7 Å². The van der Waals surface area contributed by atoms with Crippen LogP contribution in [0.15, 0.2) is 164 Å². The lowest BCUT2D eigenvalue weighted by atomic mass is 9.96. The van der Waals surface area contributed by atoms with Gasteiger partial charge < -0.3 is 0 Å². The van der Waals surface area contributed by atoms with Crippen LogP contribution in [0.1, 0.15) is 13.7 Å². The fourth-order valence-electron chi connectivity index (χ4n) is 6.39. The zero-order valence-electron chi connectivity index (χ0n) is 36.0. The molecule has 3 heterocycles. The summed E-state index contributed by atoms with van der Waals surface area (Å²) in [5.41, 5.74) is 2.78. The molecule has 0 saturated heterocycles. The summed E-state index contributed by atoms with van der Waals surface area (Å²) in [6.07, 6.45) is 0. The molecule has 0 unspecified atom stereocenters. The van der Waals surface area contributed by atoms with Gasteiger partial charge in [-0.2, -0.15) is 0 Å². The van der Waals surface area contributed by atoms with Gasteiger partial charge in [-0.3, -0.25) is 0 Å². The zero-order chi connectivity index (χ0) is 41.7. The summed E-state index contributed by atoms with van der Waals surface area (Å²) in [6, 6.07) is 28.4. The van der Waals surface area contributed by atoms with Crippen molar-refractivity contribution in [3.63, 3.8) is 0 Å². The van der Waals surface area contributed by atoms with Crippen molar-refractivity contribution in [3.05, 3.63) is 164 Å². The summed E-state index contributed by atoms with van der Waals surface area (Å²) >= 11 is 3.03. The Kier molecular flexibility index (Phi) is 4.85. The molecular weight excluding hydrogens is 647 g/mol. The van der Waals surface area contributed by atoms with Crippen LogP contribution in [0.3, 0.4) is 0 Å². The summed E-state index contributed by atoms with van der Waals surface area (Å²) < 4.78 is 89.0. The summed E-state index contributed by atoms with van der Waals surface area (Å²) in [7, 11) is 0. The fourth-order valence-corrected chi connectivity index (χ4v) is 8.85. The quantitative estimate of drug-likeness (QED) is 0.181. The molecule has 3 nitrogen and oxygen atoms in total. The number of rotatable bonds is 5. The van der Waals surface area contributed by atoms with E-state index in [1.165, 1.54) is 11.3 Å². The van der Waals surface area contributed by atoms with Crippen LogP contribution >= 0.6 is 22.7 Å². The lowest BCUT2D eigenvalue weighted by Gasteiger charge is -2.09. The van der Waals surface area contributed by atoms with Crippen LogP contribution < -0.4 is 0 Å². The minimum absolute atomic E-state index is 0.0583. The molecule has 0 spiro atoms. The first-order chi connectivity index (χ1) is 28.9. The molecule has 0 radical (unpaired) electrons. The van der Waals surface area contributed by atoms with Gasteiger partial charge in [-0.25, -0.2) is 15.0 Å². The van der Waals surface area contributed by atoms with Gasteiger partial charge in [-0.1, -0.05) is 133 Å². The van der Waals surface area contributed by atoms with Crippen molar-refractivity contribution in [2.45, 2.75) is 0 Å². The summed E-state index contributed by atoms with van der Waals surface area (Å²) in [6.45, 7) is 0. The van der Waals surface area contributed by atoms with Gasteiger partial charge in [0.15, 0.2) is 17.5 Å². The lowest BCUT2D eigenvalue weighted by molar-refractivity contribution is 1.08. The highest BCUT2D eigenvalue weighted by atomic mass is 32.1. The second kappa shape index (κ2) is 11.8. The van der Waals surface area contributed by atoms with E-state index >= 15 is 0 Å². The number of fused-ring (bicyclic) bond motifs is 6. The maximum atomic E-state index is 8.90. The Labute approximate surface area is 310 Å². The largest absolute Gasteiger partial charge is 0.208 e. The second-order valence-corrected chi connectivity index (χ2v) is 13.8. The third kappa shape index (κ3) is 4.90. The number of hydrogen-bond donors (Lipinski definition) is 0. The van der Waals surface area contributed by atoms with Crippen molar-refractivity contribution in [2.24, 2.45) is 0 Å². The lowest BCUT2D eigenvalue weighted by Crippen LogP contribution is -2.00. The van der Waals surface area contributed by atoms with Gasteiger partial charge in [0.05, 0.1) is 13.7 Å². The predicted molar refractivity (Wildman–Crippen MR) is 213 cm³/mol. The van der Waals surface area contributed by atoms with Crippen LogP contribution in [-0.2, 0) is 0 Å². The first kappa shape index (κ1) is 20.5. The van der Waals surface area contributed by atoms with E-state index in [9.17, 15) is 0 Å². The van der Waals surface area contributed by atoms with Crippen LogP contribution in [0, 0.1) is 0 Å². The Morgan fingerprint density at radius 1 is 0.380 bits per heavy atom. The molecular formula is C45H27N3S2. The summed E-state index contributed by atoms with van der Waals surface area (Å²) in [5, 5.41) is 3.63. The van der Waals surface area contributed by atoms with Crippen molar-refractivity contribution >= 4 is 63.0 Å². The van der Waals surface area contributed by atoms with E-state index in [2.05, 4.69) is 18.2 Å². The number of nitrogens with zero attached hydrogens (tertiary/aromatic N) is 3. The molecule has 0 N–H and O–H groups in total. The van der Waals surface area contributed by atoms with Crippen molar-refractivity contribution in [3.8, 4) is 56.4 Å². The Bertz CT molecular complexity index is 3400. The first-order valence-corrected chi connectivity index (χ1v) is 17.4. The van der Waals surface area contributed by atoms with Gasteiger partial charge in [0.25, 0.3) is 0 Å². The minimum atomic E-state index is -0.539. The van der Waals surface area contributed by atoms with Crippen LogP contribution in [0.25, 0.3) is 96.8 Å². The minimum Gasteiger partial charge on any atom is -0.208 e. The average molecular weight is 684 g/mol. The second-order valence-electron chi connectivity index (χ2n) is 11.7. The number of thiophene rings is 2. The molecule has 0 aliphatic rings. The molecule has 0 atom stereocenters. The van der Waals surface area contributed by atoms with Crippen LogP contribution in [0.2, 0.25) is 0 Å². The highest BCUT2D eigenvalue weighted by Gasteiger charge is 2.18. The Morgan fingerprint density at radius 2 is 1.02 bits per heavy atom. The van der Waals surface area contributed by atoms with Crippen LogP contribution in [0.4, 0.5) is 0 Å². The molecule has 10 rings (SSSR count). The third-order valence-electron chi connectivity index (χ3n) is 8.70. The fraction of sp³-hybridized carbons (Fsp3) is 0. The van der Waals surface area contributed by atoms with E-state index in [1.54, 1.807) is 23.5 Å². The predicted octanol–water partition coefficient (Wildman–Crippen LogP) is 12.9. The van der Waals surface area contributed by atoms with Gasteiger partial charge in [0.2, 0.25) is 0 Å². The average Bonchev–Trinajstić information content (AvgIpc) is 3.85. The number of aromatic nitrogens is 3. The summed E-state index contributed by atoms with van der Waals surface area (Å²) in [4.78, 5) is 15.1. The van der Waals surface area contributed by atoms with Gasteiger partial charge >= 0.3 is 0 Å². The van der Waals surface area contributed by atoms with Gasteiger partial charge in [-0.05, 0) is 47.0 Å². The first-order valence-electron chi connectivity index (χ1n) is 20.8. The van der Waals surface area contributed by atoms with E-state index in [4.69, 9.17) is 28.7 Å². The molecule has 0 aliphatic carbocycles. The Balaban J connectivity index is 1.23. The molecule has 10 aromatic rings. The van der Waals surface area contributed by atoms with E-state index in [1.807, 2.05) is 72.8 Å². The van der Waals surface area contributed by atoms with Crippen LogP contribution in [-0.4, -0.2) is 15.0 Å².